The average molecular weight is 317 g/mol. The molecule has 0 aliphatic rings. The quantitative estimate of drug-likeness (QED) is 0.854. The third-order valence-corrected chi connectivity index (χ3v) is 4.67. The first-order valence-electron chi connectivity index (χ1n) is 4.62. The van der Waals surface area contributed by atoms with Crippen molar-refractivity contribution in [1.29, 1.82) is 0 Å². The molecule has 0 bridgehead atoms. The van der Waals surface area contributed by atoms with Gasteiger partial charge in [0, 0.05) is 6.20 Å². The fraction of sp³-hybridized carbons (Fsp3) is 0. The molecule has 1 aromatic carbocycles. The van der Waals surface area contributed by atoms with Crippen LogP contribution in [0.4, 0.5) is 4.39 Å². The van der Waals surface area contributed by atoms with Gasteiger partial charge in [-0.05, 0) is 52.7 Å². The maximum absolute atomic E-state index is 13.0. The SMILES string of the molecule is [CH2]c1cc(Br)n(S(=O)(=O)c2cccc(F)c2)c1. The molecule has 2 aromatic rings. The Labute approximate surface area is 107 Å². The number of aromatic nitrogens is 1. The van der Waals surface area contributed by atoms with E-state index in [9.17, 15) is 12.8 Å². The topological polar surface area (TPSA) is 39.1 Å². The predicted octanol–water partition coefficient (Wildman–Crippen LogP) is 2.81. The highest BCUT2D eigenvalue weighted by Crippen LogP contribution is 2.22. The van der Waals surface area contributed by atoms with Crippen molar-refractivity contribution in [3.63, 3.8) is 0 Å². The molecule has 0 saturated heterocycles. The molecule has 0 N–H and O–H groups in total. The third kappa shape index (κ3) is 2.28. The van der Waals surface area contributed by atoms with Gasteiger partial charge in [0.1, 0.15) is 10.4 Å². The van der Waals surface area contributed by atoms with Crippen LogP contribution in [0.15, 0.2) is 46.0 Å². The molecule has 1 heterocycles. The number of halogens is 2. The molecule has 1 radical (unpaired) electrons. The van der Waals surface area contributed by atoms with Crippen molar-refractivity contribution in [3.8, 4) is 0 Å². The lowest BCUT2D eigenvalue weighted by Crippen LogP contribution is -2.12. The van der Waals surface area contributed by atoms with Crippen LogP contribution in [0.1, 0.15) is 5.56 Å². The molecule has 0 spiro atoms. The first kappa shape index (κ1) is 12.3. The summed E-state index contributed by atoms with van der Waals surface area (Å²) in [7, 11) is -3.78. The van der Waals surface area contributed by atoms with Crippen molar-refractivity contribution < 1.29 is 12.8 Å². The maximum atomic E-state index is 13.0. The molecule has 0 aliphatic heterocycles. The molecule has 0 amide bonds. The largest absolute Gasteiger partial charge is 0.268 e. The second-order valence-electron chi connectivity index (χ2n) is 3.43. The van der Waals surface area contributed by atoms with Gasteiger partial charge in [-0.25, -0.2) is 16.8 Å². The molecule has 0 fully saturated rings. The highest BCUT2D eigenvalue weighted by atomic mass is 79.9. The highest BCUT2D eigenvalue weighted by Gasteiger charge is 2.19. The van der Waals surface area contributed by atoms with Gasteiger partial charge in [-0.3, -0.25) is 0 Å². The van der Waals surface area contributed by atoms with Gasteiger partial charge >= 0.3 is 0 Å². The first-order chi connectivity index (χ1) is 7.91. The van der Waals surface area contributed by atoms with E-state index < -0.39 is 15.8 Å². The summed E-state index contributed by atoms with van der Waals surface area (Å²) in [5.41, 5.74) is 0.553. The molecule has 0 saturated carbocycles. The lowest BCUT2D eigenvalue weighted by molar-refractivity contribution is 0.582. The van der Waals surface area contributed by atoms with Gasteiger partial charge in [-0.15, -0.1) is 0 Å². The summed E-state index contributed by atoms with van der Waals surface area (Å²) in [5, 5.41) is 0. The van der Waals surface area contributed by atoms with Crippen molar-refractivity contribution >= 4 is 26.0 Å². The standard InChI is InChI=1S/C11H8BrFNO2S/c1-8-5-11(12)14(7-8)17(15,16)10-4-2-3-9(13)6-10/h2-7H,1H2. The zero-order valence-electron chi connectivity index (χ0n) is 8.60. The fourth-order valence-corrected chi connectivity index (χ4v) is 3.66. The highest BCUT2D eigenvalue weighted by molar-refractivity contribution is 9.10. The first-order valence-corrected chi connectivity index (χ1v) is 6.85. The van der Waals surface area contributed by atoms with E-state index >= 15 is 0 Å². The van der Waals surface area contributed by atoms with Crippen LogP contribution in [0.5, 0.6) is 0 Å². The third-order valence-electron chi connectivity index (χ3n) is 2.15. The van der Waals surface area contributed by atoms with Gasteiger partial charge in [-0.1, -0.05) is 6.07 Å². The van der Waals surface area contributed by atoms with Gasteiger partial charge in [-0.2, -0.15) is 0 Å². The second-order valence-corrected chi connectivity index (χ2v) is 6.06. The van der Waals surface area contributed by atoms with E-state index in [1.807, 2.05) is 0 Å². The molecular weight excluding hydrogens is 309 g/mol. The van der Waals surface area contributed by atoms with E-state index in [0.717, 1.165) is 10.0 Å². The molecule has 0 aliphatic carbocycles. The number of hydrogen-bond donors (Lipinski definition) is 0. The molecule has 17 heavy (non-hydrogen) atoms. The van der Waals surface area contributed by atoms with Crippen LogP contribution in [0.25, 0.3) is 0 Å². The number of hydrogen-bond acceptors (Lipinski definition) is 2. The van der Waals surface area contributed by atoms with Crippen molar-refractivity contribution in [3.05, 3.63) is 59.4 Å². The van der Waals surface area contributed by atoms with Gasteiger partial charge < -0.3 is 0 Å². The lowest BCUT2D eigenvalue weighted by atomic mass is 10.4. The second kappa shape index (κ2) is 4.27. The van der Waals surface area contributed by atoms with E-state index in [-0.39, 0.29) is 4.90 Å². The van der Waals surface area contributed by atoms with Crippen molar-refractivity contribution in [2.24, 2.45) is 0 Å². The molecule has 3 nitrogen and oxygen atoms in total. The summed E-state index contributed by atoms with van der Waals surface area (Å²) in [6.45, 7) is 3.64. The Hall–Kier alpha value is -1.14. The Morgan fingerprint density at radius 1 is 1.29 bits per heavy atom. The van der Waals surface area contributed by atoms with Crippen LogP contribution in [-0.4, -0.2) is 12.4 Å². The molecule has 0 atom stereocenters. The number of nitrogens with zero attached hydrogens (tertiary/aromatic N) is 1. The van der Waals surface area contributed by atoms with Gasteiger partial charge in [0.25, 0.3) is 10.0 Å². The van der Waals surface area contributed by atoms with Crippen LogP contribution in [0, 0.1) is 12.7 Å². The van der Waals surface area contributed by atoms with E-state index in [1.54, 1.807) is 6.07 Å². The van der Waals surface area contributed by atoms with E-state index in [2.05, 4.69) is 22.9 Å². The minimum absolute atomic E-state index is 0.103. The predicted molar refractivity (Wildman–Crippen MR) is 65.6 cm³/mol. The van der Waals surface area contributed by atoms with Crippen LogP contribution in [0.2, 0.25) is 0 Å². The number of benzene rings is 1. The summed E-state index contributed by atoms with van der Waals surface area (Å²) in [6, 6.07) is 6.43. The lowest BCUT2D eigenvalue weighted by Gasteiger charge is -2.07. The Morgan fingerprint density at radius 3 is 2.53 bits per heavy atom. The number of rotatable bonds is 2. The molecule has 6 heteroatoms. The zero-order valence-corrected chi connectivity index (χ0v) is 11.0. The Bertz CT molecular complexity index is 664. The minimum atomic E-state index is -3.78. The van der Waals surface area contributed by atoms with Crippen LogP contribution in [0.3, 0.4) is 0 Å². The zero-order chi connectivity index (χ0) is 12.6. The summed E-state index contributed by atoms with van der Waals surface area (Å²) in [6.07, 6.45) is 1.37. The van der Waals surface area contributed by atoms with Crippen molar-refractivity contribution in [2.45, 2.75) is 4.90 Å². The molecule has 89 valence electrons. The van der Waals surface area contributed by atoms with Gasteiger partial charge in [0.05, 0.1) is 4.90 Å². The molecule has 2 rings (SSSR count). The van der Waals surface area contributed by atoms with E-state index in [0.29, 0.717) is 10.2 Å². The molecule has 1 aromatic heterocycles. The molecular formula is C11H8BrFNO2S. The van der Waals surface area contributed by atoms with E-state index in [4.69, 9.17) is 0 Å². The van der Waals surface area contributed by atoms with Gasteiger partial charge in [0.2, 0.25) is 0 Å². The van der Waals surface area contributed by atoms with Crippen LogP contribution >= 0.6 is 15.9 Å². The maximum Gasteiger partial charge on any atom is 0.268 e. The molecule has 0 unspecified atom stereocenters. The minimum Gasteiger partial charge on any atom is -0.235 e. The van der Waals surface area contributed by atoms with Crippen molar-refractivity contribution in [1.82, 2.24) is 3.97 Å². The summed E-state index contributed by atoms with van der Waals surface area (Å²) < 4.78 is 38.7. The smallest absolute Gasteiger partial charge is 0.235 e. The van der Waals surface area contributed by atoms with Crippen molar-refractivity contribution in [2.75, 3.05) is 0 Å². The normalized spacial score (nSPS) is 11.7. The summed E-state index contributed by atoms with van der Waals surface area (Å²) in [5.74, 6) is -0.593. The monoisotopic (exact) mass is 316 g/mol. The average Bonchev–Trinajstić information content (AvgIpc) is 2.58. The Balaban J connectivity index is 2.62. The Morgan fingerprint density at radius 2 is 2.00 bits per heavy atom. The van der Waals surface area contributed by atoms with Crippen LogP contribution in [-0.2, 0) is 10.0 Å². The van der Waals surface area contributed by atoms with Crippen LogP contribution < -0.4 is 0 Å². The summed E-state index contributed by atoms with van der Waals surface area (Å²) >= 11 is 3.12. The van der Waals surface area contributed by atoms with E-state index in [1.165, 1.54) is 24.4 Å². The summed E-state index contributed by atoms with van der Waals surface area (Å²) in [4.78, 5) is -0.103. The van der Waals surface area contributed by atoms with Gasteiger partial charge in [0.15, 0.2) is 0 Å². The fourth-order valence-electron chi connectivity index (χ4n) is 1.39. The Kier molecular flexibility index (Phi) is 3.09.